The van der Waals surface area contributed by atoms with E-state index in [4.69, 9.17) is 11.6 Å². The second kappa shape index (κ2) is 5.77. The number of carbonyl (C=O) groups is 1. The molecular weight excluding hydrogens is 312 g/mol. The molecular formula is C13H7ClF4N2O. The lowest BCUT2D eigenvalue weighted by atomic mass is 10.0. The van der Waals surface area contributed by atoms with Gasteiger partial charge in [-0.1, -0.05) is 0 Å². The minimum atomic E-state index is -4.86. The lowest BCUT2D eigenvalue weighted by Crippen LogP contribution is -2.12. The largest absolute Gasteiger partial charge is 0.419 e. The van der Waals surface area contributed by atoms with Gasteiger partial charge in [-0.25, -0.2) is 14.4 Å². The van der Waals surface area contributed by atoms with E-state index >= 15 is 0 Å². The van der Waals surface area contributed by atoms with Crippen LogP contribution < -0.4 is 0 Å². The topological polar surface area (TPSA) is 42.9 Å². The fourth-order valence-corrected chi connectivity index (χ4v) is 1.82. The summed E-state index contributed by atoms with van der Waals surface area (Å²) in [5.41, 5.74) is -1.47. The molecule has 0 saturated heterocycles. The Morgan fingerprint density at radius 1 is 1.24 bits per heavy atom. The molecule has 110 valence electrons. The third-order valence-electron chi connectivity index (χ3n) is 2.62. The number of nitrogens with zero attached hydrogens (tertiary/aromatic N) is 2. The molecule has 0 fully saturated rings. The summed E-state index contributed by atoms with van der Waals surface area (Å²) in [5, 5.41) is -0.0737. The Morgan fingerprint density at radius 2 is 1.95 bits per heavy atom. The molecule has 2 rings (SSSR count). The molecule has 2 aromatic rings. The number of hydrogen-bond acceptors (Lipinski definition) is 3. The zero-order valence-electron chi connectivity index (χ0n) is 10.3. The molecule has 0 saturated carbocycles. The van der Waals surface area contributed by atoms with Gasteiger partial charge in [-0.05, 0) is 35.9 Å². The summed E-state index contributed by atoms with van der Waals surface area (Å²) in [7, 11) is 0. The first-order chi connectivity index (χ1) is 9.77. The Kier molecular flexibility index (Phi) is 4.22. The van der Waals surface area contributed by atoms with Gasteiger partial charge in [-0.2, -0.15) is 13.2 Å². The second-order valence-corrected chi connectivity index (χ2v) is 4.45. The number of Topliss-reactive ketones (excluding diaryl/α,β-unsaturated/α-hetero) is 1. The lowest BCUT2D eigenvalue weighted by Gasteiger charge is -2.09. The van der Waals surface area contributed by atoms with Gasteiger partial charge in [0.15, 0.2) is 5.78 Å². The van der Waals surface area contributed by atoms with Crippen molar-refractivity contribution in [2.45, 2.75) is 12.6 Å². The third kappa shape index (κ3) is 3.75. The first-order valence-electron chi connectivity index (χ1n) is 5.65. The van der Waals surface area contributed by atoms with Crippen molar-refractivity contribution in [1.82, 2.24) is 9.97 Å². The molecule has 0 spiro atoms. The Hall–Kier alpha value is -2.02. The molecule has 1 heterocycles. The number of alkyl halides is 3. The first-order valence-corrected chi connectivity index (χ1v) is 6.02. The smallest absolute Gasteiger partial charge is 0.294 e. The van der Waals surface area contributed by atoms with Crippen molar-refractivity contribution in [1.29, 1.82) is 0 Å². The molecule has 1 aromatic heterocycles. The van der Waals surface area contributed by atoms with Crippen LogP contribution in [0.3, 0.4) is 0 Å². The Bertz CT molecular complexity index is 688. The number of aromatic nitrogens is 2. The van der Waals surface area contributed by atoms with Gasteiger partial charge in [0, 0.05) is 11.8 Å². The van der Waals surface area contributed by atoms with Gasteiger partial charge in [0.25, 0.3) is 0 Å². The monoisotopic (exact) mass is 318 g/mol. The van der Waals surface area contributed by atoms with Crippen LogP contribution in [0.5, 0.6) is 0 Å². The summed E-state index contributed by atoms with van der Waals surface area (Å²) in [5.74, 6) is -2.06. The fourth-order valence-electron chi connectivity index (χ4n) is 1.65. The second-order valence-electron chi connectivity index (χ2n) is 4.11. The quantitative estimate of drug-likeness (QED) is 0.492. The molecule has 0 atom stereocenters. The summed E-state index contributed by atoms with van der Waals surface area (Å²) in [6, 6.07) is 3.51. The van der Waals surface area contributed by atoms with Crippen LogP contribution in [0.4, 0.5) is 17.6 Å². The van der Waals surface area contributed by atoms with Crippen LogP contribution in [-0.2, 0) is 12.6 Å². The van der Waals surface area contributed by atoms with Crippen molar-refractivity contribution in [3.05, 3.63) is 58.4 Å². The van der Waals surface area contributed by atoms with Crippen LogP contribution in [0.25, 0.3) is 0 Å². The van der Waals surface area contributed by atoms with Crippen LogP contribution in [-0.4, -0.2) is 15.8 Å². The number of carbonyl (C=O) groups excluding carboxylic acids is 1. The van der Waals surface area contributed by atoms with Gasteiger partial charge in [-0.3, -0.25) is 4.79 Å². The van der Waals surface area contributed by atoms with E-state index < -0.39 is 23.3 Å². The van der Waals surface area contributed by atoms with Gasteiger partial charge in [0.05, 0.1) is 17.7 Å². The van der Waals surface area contributed by atoms with Crippen molar-refractivity contribution in [2.24, 2.45) is 0 Å². The Morgan fingerprint density at radius 3 is 2.57 bits per heavy atom. The third-order valence-corrected chi connectivity index (χ3v) is 2.80. The molecule has 0 N–H and O–H groups in total. The lowest BCUT2D eigenvalue weighted by molar-refractivity contribution is -0.140. The van der Waals surface area contributed by atoms with E-state index in [1.54, 1.807) is 0 Å². The van der Waals surface area contributed by atoms with Crippen LogP contribution in [0.15, 0.2) is 30.5 Å². The maximum atomic E-state index is 13.1. The summed E-state index contributed by atoms with van der Waals surface area (Å²) in [6.45, 7) is 0. The Labute approximate surface area is 121 Å². The standard InChI is InChI=1S/C13H7ClF4N2O/c14-12-19-4-3-8(20-12)6-11(21)7-1-2-10(15)9(5-7)13(16,17)18/h1-5H,6H2. The molecule has 8 heteroatoms. The number of benzene rings is 1. The average Bonchev–Trinajstić information content (AvgIpc) is 2.37. The van der Waals surface area contributed by atoms with Crippen LogP contribution in [0.2, 0.25) is 5.28 Å². The van der Waals surface area contributed by atoms with Crippen molar-refractivity contribution in [2.75, 3.05) is 0 Å². The molecule has 0 amide bonds. The molecule has 0 unspecified atom stereocenters. The maximum Gasteiger partial charge on any atom is 0.419 e. The molecule has 0 aliphatic carbocycles. The van der Waals surface area contributed by atoms with Gasteiger partial charge in [0.1, 0.15) is 5.82 Å². The molecule has 0 radical (unpaired) electrons. The van der Waals surface area contributed by atoms with E-state index in [0.717, 1.165) is 6.07 Å². The summed E-state index contributed by atoms with van der Waals surface area (Å²) >= 11 is 5.55. The molecule has 0 aliphatic rings. The molecule has 21 heavy (non-hydrogen) atoms. The fraction of sp³-hybridized carbons (Fsp3) is 0.154. The summed E-state index contributed by atoms with van der Waals surface area (Å²) < 4.78 is 50.9. The Balaban J connectivity index is 2.28. The van der Waals surface area contributed by atoms with E-state index in [1.807, 2.05) is 0 Å². The summed E-state index contributed by atoms with van der Waals surface area (Å²) in [4.78, 5) is 19.3. The van der Waals surface area contributed by atoms with Gasteiger partial charge in [-0.15, -0.1) is 0 Å². The van der Waals surface area contributed by atoms with Crippen LogP contribution in [0.1, 0.15) is 21.6 Å². The number of rotatable bonds is 3. The van der Waals surface area contributed by atoms with Crippen molar-refractivity contribution >= 4 is 17.4 Å². The zero-order chi connectivity index (χ0) is 15.6. The maximum absolute atomic E-state index is 13.1. The normalized spacial score (nSPS) is 11.5. The average molecular weight is 319 g/mol. The number of hydrogen-bond donors (Lipinski definition) is 0. The first kappa shape index (κ1) is 15.4. The highest BCUT2D eigenvalue weighted by Crippen LogP contribution is 2.32. The van der Waals surface area contributed by atoms with E-state index in [2.05, 4.69) is 9.97 Å². The minimum absolute atomic E-state index is 0.0737. The highest BCUT2D eigenvalue weighted by atomic mass is 35.5. The van der Waals surface area contributed by atoms with Crippen LogP contribution in [0, 0.1) is 5.82 Å². The zero-order valence-corrected chi connectivity index (χ0v) is 11.0. The van der Waals surface area contributed by atoms with Gasteiger partial charge < -0.3 is 0 Å². The van der Waals surface area contributed by atoms with Crippen molar-refractivity contribution in [3.63, 3.8) is 0 Å². The summed E-state index contributed by atoms with van der Waals surface area (Å²) in [6.07, 6.45) is -3.80. The number of halogens is 5. The highest BCUT2D eigenvalue weighted by molar-refractivity contribution is 6.28. The molecule has 3 nitrogen and oxygen atoms in total. The predicted molar refractivity (Wildman–Crippen MR) is 66.5 cm³/mol. The van der Waals surface area contributed by atoms with E-state index in [-0.39, 0.29) is 23.0 Å². The predicted octanol–water partition coefficient (Wildman–Crippen LogP) is 3.71. The van der Waals surface area contributed by atoms with E-state index in [9.17, 15) is 22.4 Å². The minimum Gasteiger partial charge on any atom is -0.294 e. The molecule has 0 bridgehead atoms. The molecule has 1 aromatic carbocycles. The highest BCUT2D eigenvalue weighted by Gasteiger charge is 2.34. The molecule has 0 aliphatic heterocycles. The SMILES string of the molecule is O=C(Cc1ccnc(Cl)n1)c1ccc(F)c(C(F)(F)F)c1. The van der Waals surface area contributed by atoms with Gasteiger partial charge >= 0.3 is 6.18 Å². The van der Waals surface area contributed by atoms with Crippen molar-refractivity contribution < 1.29 is 22.4 Å². The van der Waals surface area contributed by atoms with E-state index in [0.29, 0.717) is 12.1 Å². The van der Waals surface area contributed by atoms with Gasteiger partial charge in [0.2, 0.25) is 5.28 Å². The van der Waals surface area contributed by atoms with Crippen molar-refractivity contribution in [3.8, 4) is 0 Å². The van der Waals surface area contributed by atoms with Crippen LogP contribution >= 0.6 is 11.6 Å². The number of ketones is 1. The van der Waals surface area contributed by atoms with E-state index in [1.165, 1.54) is 12.3 Å².